The molecular weight excluding hydrogens is 295 g/mol. The minimum Gasteiger partial charge on any atom is -0.388 e. The van der Waals surface area contributed by atoms with Crippen molar-refractivity contribution >= 4 is 23.2 Å². The van der Waals surface area contributed by atoms with Gasteiger partial charge in [-0.3, -0.25) is 0 Å². The first kappa shape index (κ1) is 15.3. The van der Waals surface area contributed by atoms with Gasteiger partial charge in [0.25, 0.3) is 0 Å². The van der Waals surface area contributed by atoms with Crippen LogP contribution >= 0.6 is 23.2 Å². The van der Waals surface area contributed by atoms with Crippen molar-refractivity contribution in [2.45, 2.75) is 19.1 Å². The number of benzene rings is 2. The second-order valence-corrected chi connectivity index (χ2v) is 5.47. The fourth-order valence-electron chi connectivity index (χ4n) is 2.03. The summed E-state index contributed by atoms with van der Waals surface area (Å²) in [6, 6.07) is 13.0. The Labute approximate surface area is 128 Å². The van der Waals surface area contributed by atoms with Crippen molar-refractivity contribution < 1.29 is 9.84 Å². The van der Waals surface area contributed by atoms with Gasteiger partial charge in [0, 0.05) is 23.6 Å². The second kappa shape index (κ2) is 7.09. The third-order valence-electron chi connectivity index (χ3n) is 3.10. The van der Waals surface area contributed by atoms with Crippen LogP contribution in [0.5, 0.6) is 0 Å². The standard InChI is InChI=1S/C16H16Cl2O2/c1-20-10-11-2-4-12(5-3-11)16(19)9-13-8-14(17)6-7-15(13)18/h2-8,16,19H,9-10H2,1H3. The summed E-state index contributed by atoms with van der Waals surface area (Å²) in [6.45, 7) is 0.566. The average Bonchev–Trinajstić information content (AvgIpc) is 2.44. The largest absolute Gasteiger partial charge is 0.388 e. The van der Waals surface area contributed by atoms with Crippen LogP contribution in [0.2, 0.25) is 10.0 Å². The van der Waals surface area contributed by atoms with Crippen molar-refractivity contribution in [3.63, 3.8) is 0 Å². The number of ether oxygens (including phenoxy) is 1. The van der Waals surface area contributed by atoms with Crippen molar-refractivity contribution in [1.82, 2.24) is 0 Å². The van der Waals surface area contributed by atoms with Crippen LogP contribution in [0, 0.1) is 0 Å². The maximum atomic E-state index is 10.3. The van der Waals surface area contributed by atoms with E-state index >= 15 is 0 Å². The normalized spacial score (nSPS) is 12.4. The van der Waals surface area contributed by atoms with E-state index in [1.165, 1.54) is 0 Å². The molecule has 0 saturated carbocycles. The van der Waals surface area contributed by atoms with Gasteiger partial charge in [-0.15, -0.1) is 0 Å². The molecule has 1 unspecified atom stereocenters. The van der Waals surface area contributed by atoms with Crippen LogP contribution in [0.15, 0.2) is 42.5 Å². The fourth-order valence-corrected chi connectivity index (χ4v) is 2.42. The van der Waals surface area contributed by atoms with Gasteiger partial charge in [-0.2, -0.15) is 0 Å². The van der Waals surface area contributed by atoms with Gasteiger partial charge in [-0.05, 0) is 34.9 Å². The zero-order valence-corrected chi connectivity index (χ0v) is 12.7. The van der Waals surface area contributed by atoms with E-state index in [1.807, 2.05) is 24.3 Å². The van der Waals surface area contributed by atoms with Gasteiger partial charge in [0.2, 0.25) is 0 Å². The van der Waals surface area contributed by atoms with Crippen LogP contribution in [0.3, 0.4) is 0 Å². The van der Waals surface area contributed by atoms with E-state index in [9.17, 15) is 5.11 Å². The molecule has 106 valence electrons. The minimum absolute atomic E-state index is 0.434. The summed E-state index contributed by atoms with van der Waals surface area (Å²) in [6.07, 6.45) is -0.175. The van der Waals surface area contributed by atoms with Crippen LogP contribution in [0.1, 0.15) is 22.8 Å². The maximum absolute atomic E-state index is 10.3. The highest BCUT2D eigenvalue weighted by molar-refractivity contribution is 6.33. The Morgan fingerprint density at radius 3 is 2.45 bits per heavy atom. The van der Waals surface area contributed by atoms with E-state index < -0.39 is 6.10 Å². The number of aliphatic hydroxyl groups excluding tert-OH is 1. The van der Waals surface area contributed by atoms with Crippen molar-refractivity contribution in [3.05, 3.63) is 69.2 Å². The topological polar surface area (TPSA) is 29.5 Å². The quantitative estimate of drug-likeness (QED) is 0.886. The molecule has 0 fully saturated rings. The highest BCUT2D eigenvalue weighted by Gasteiger charge is 2.11. The van der Waals surface area contributed by atoms with Crippen molar-refractivity contribution in [2.75, 3.05) is 7.11 Å². The Kier molecular flexibility index (Phi) is 5.44. The van der Waals surface area contributed by atoms with Crippen LogP contribution in [-0.4, -0.2) is 12.2 Å². The van der Waals surface area contributed by atoms with E-state index in [4.69, 9.17) is 27.9 Å². The number of hydrogen-bond acceptors (Lipinski definition) is 2. The van der Waals surface area contributed by atoms with Crippen LogP contribution in [0.25, 0.3) is 0 Å². The summed E-state index contributed by atoms with van der Waals surface area (Å²) >= 11 is 12.1. The summed E-state index contributed by atoms with van der Waals surface area (Å²) in [4.78, 5) is 0. The summed E-state index contributed by atoms with van der Waals surface area (Å²) < 4.78 is 5.06. The zero-order valence-electron chi connectivity index (χ0n) is 11.1. The highest BCUT2D eigenvalue weighted by Crippen LogP contribution is 2.26. The molecular formula is C16H16Cl2O2. The molecule has 4 heteroatoms. The van der Waals surface area contributed by atoms with E-state index in [0.29, 0.717) is 23.1 Å². The molecule has 2 aromatic rings. The fraction of sp³-hybridized carbons (Fsp3) is 0.250. The zero-order chi connectivity index (χ0) is 14.5. The van der Waals surface area contributed by atoms with Gasteiger partial charge >= 0.3 is 0 Å². The number of methoxy groups -OCH3 is 1. The lowest BCUT2D eigenvalue weighted by Gasteiger charge is -2.13. The minimum atomic E-state index is -0.609. The SMILES string of the molecule is COCc1ccc(C(O)Cc2cc(Cl)ccc2Cl)cc1. The maximum Gasteiger partial charge on any atom is 0.0830 e. The first-order valence-corrected chi connectivity index (χ1v) is 7.05. The second-order valence-electron chi connectivity index (χ2n) is 4.63. The van der Waals surface area contributed by atoms with Gasteiger partial charge in [0.05, 0.1) is 12.7 Å². The first-order chi connectivity index (χ1) is 9.60. The Balaban J connectivity index is 2.11. The third-order valence-corrected chi connectivity index (χ3v) is 3.70. The average molecular weight is 311 g/mol. The number of aliphatic hydroxyl groups is 1. The summed E-state index contributed by atoms with van der Waals surface area (Å²) in [5, 5.41) is 11.5. The molecule has 0 aromatic heterocycles. The Morgan fingerprint density at radius 2 is 1.80 bits per heavy atom. The Bertz CT molecular complexity index is 567. The molecule has 20 heavy (non-hydrogen) atoms. The molecule has 0 aliphatic heterocycles. The molecule has 1 N–H and O–H groups in total. The van der Waals surface area contributed by atoms with E-state index in [2.05, 4.69) is 0 Å². The molecule has 0 saturated heterocycles. The third kappa shape index (κ3) is 3.97. The van der Waals surface area contributed by atoms with Gasteiger partial charge in [0.1, 0.15) is 0 Å². The van der Waals surface area contributed by atoms with Crippen LogP contribution < -0.4 is 0 Å². The predicted octanol–water partition coefficient (Wildman–Crippen LogP) is 4.42. The summed E-state index contributed by atoms with van der Waals surface area (Å²) in [7, 11) is 1.66. The molecule has 0 aliphatic rings. The molecule has 2 aromatic carbocycles. The molecule has 1 atom stereocenters. The van der Waals surface area contributed by atoms with E-state index in [1.54, 1.807) is 25.3 Å². The smallest absolute Gasteiger partial charge is 0.0830 e. The first-order valence-electron chi connectivity index (χ1n) is 6.30. The van der Waals surface area contributed by atoms with Gasteiger partial charge in [-0.1, -0.05) is 47.5 Å². The highest BCUT2D eigenvalue weighted by atomic mass is 35.5. The van der Waals surface area contributed by atoms with Crippen LogP contribution in [-0.2, 0) is 17.8 Å². The van der Waals surface area contributed by atoms with Crippen molar-refractivity contribution in [2.24, 2.45) is 0 Å². The number of halogens is 2. The Hall–Kier alpha value is -1.06. The van der Waals surface area contributed by atoms with Crippen molar-refractivity contribution in [1.29, 1.82) is 0 Å². The number of rotatable bonds is 5. The monoisotopic (exact) mass is 310 g/mol. The lowest BCUT2D eigenvalue weighted by atomic mass is 10.0. The summed E-state index contributed by atoms with van der Waals surface area (Å²) in [5.74, 6) is 0. The lowest BCUT2D eigenvalue weighted by molar-refractivity contribution is 0.177. The summed E-state index contributed by atoms with van der Waals surface area (Å²) in [5.41, 5.74) is 2.76. The molecule has 0 heterocycles. The molecule has 0 amide bonds. The molecule has 2 rings (SSSR count). The molecule has 0 bridgehead atoms. The Morgan fingerprint density at radius 1 is 1.10 bits per heavy atom. The van der Waals surface area contributed by atoms with E-state index in [-0.39, 0.29) is 0 Å². The van der Waals surface area contributed by atoms with Gasteiger partial charge in [-0.25, -0.2) is 0 Å². The van der Waals surface area contributed by atoms with Crippen molar-refractivity contribution in [3.8, 4) is 0 Å². The van der Waals surface area contributed by atoms with Gasteiger partial charge in [0.15, 0.2) is 0 Å². The lowest BCUT2D eigenvalue weighted by Crippen LogP contribution is -2.02. The van der Waals surface area contributed by atoms with E-state index in [0.717, 1.165) is 16.7 Å². The molecule has 0 spiro atoms. The van der Waals surface area contributed by atoms with Gasteiger partial charge < -0.3 is 9.84 Å². The molecule has 2 nitrogen and oxygen atoms in total. The molecule has 0 aliphatic carbocycles. The predicted molar refractivity (Wildman–Crippen MR) is 82.3 cm³/mol. The van der Waals surface area contributed by atoms with Crippen LogP contribution in [0.4, 0.5) is 0 Å². The number of hydrogen-bond donors (Lipinski definition) is 1. The molecule has 0 radical (unpaired) electrons.